The van der Waals surface area contributed by atoms with E-state index in [0.29, 0.717) is 5.56 Å². The zero-order chi connectivity index (χ0) is 15.4. The van der Waals surface area contributed by atoms with Crippen molar-refractivity contribution in [2.45, 2.75) is 6.92 Å². The lowest BCUT2D eigenvalue weighted by Crippen LogP contribution is -2.07. The van der Waals surface area contributed by atoms with E-state index in [1.54, 1.807) is 24.3 Å². The molecule has 0 amide bonds. The molecule has 0 radical (unpaired) electrons. The summed E-state index contributed by atoms with van der Waals surface area (Å²) in [7, 11) is 0. The second-order valence-corrected chi connectivity index (χ2v) is 7.13. The van der Waals surface area contributed by atoms with Crippen molar-refractivity contribution < 1.29 is 19.7 Å². The van der Waals surface area contributed by atoms with Gasteiger partial charge in [-0.2, -0.15) is 0 Å². The number of rotatable bonds is 4. The summed E-state index contributed by atoms with van der Waals surface area (Å²) in [5.74, 6) is -1.02. The second kappa shape index (κ2) is 6.95. The quantitative estimate of drug-likeness (QED) is 0.582. The number of thiophene rings is 1. The molecule has 0 aliphatic carbocycles. The third-order valence-electron chi connectivity index (χ3n) is 2.63. The number of carbonyl (C=O) groups excluding carboxylic acids is 1. The molecule has 2 aromatic rings. The molecule has 1 heterocycles. The molecule has 6 heteroatoms. The molecule has 4 nitrogen and oxygen atoms in total. The molecule has 0 bridgehead atoms. The molecular weight excluding hydrogens is 403 g/mol. The first-order valence-electron chi connectivity index (χ1n) is 6.17. The Labute approximate surface area is 139 Å². The van der Waals surface area contributed by atoms with Crippen LogP contribution in [-0.2, 0) is 4.74 Å². The van der Waals surface area contributed by atoms with Crippen LogP contribution in [0.25, 0.3) is 12.2 Å². The van der Waals surface area contributed by atoms with Crippen LogP contribution in [0.4, 0.5) is 0 Å². The Morgan fingerprint density at radius 2 is 2.10 bits per heavy atom. The van der Waals surface area contributed by atoms with E-state index in [1.807, 2.05) is 18.2 Å². The number of halogens is 1. The molecule has 1 aromatic carbocycles. The van der Waals surface area contributed by atoms with E-state index in [9.17, 15) is 15.0 Å². The minimum Gasteiger partial charge on any atom is -0.508 e. The van der Waals surface area contributed by atoms with E-state index in [-0.39, 0.29) is 23.7 Å². The third-order valence-corrected chi connectivity index (χ3v) is 4.49. The molecule has 0 fully saturated rings. The first-order chi connectivity index (χ1) is 10.0. The van der Waals surface area contributed by atoms with Gasteiger partial charge in [-0.05, 0) is 59.4 Å². The monoisotopic (exact) mass is 416 g/mol. The highest BCUT2D eigenvalue weighted by atomic mass is 127. The highest BCUT2D eigenvalue weighted by Gasteiger charge is 2.17. The number of ether oxygens (including phenoxy) is 1. The van der Waals surface area contributed by atoms with Crippen LogP contribution in [0.5, 0.6) is 11.5 Å². The van der Waals surface area contributed by atoms with Gasteiger partial charge < -0.3 is 14.9 Å². The van der Waals surface area contributed by atoms with Crippen molar-refractivity contribution in [2.24, 2.45) is 0 Å². The molecule has 1 aromatic heterocycles. The Balaban J connectivity index is 2.41. The van der Waals surface area contributed by atoms with Gasteiger partial charge in [-0.3, -0.25) is 0 Å². The summed E-state index contributed by atoms with van der Waals surface area (Å²) < 4.78 is 6.08. The van der Waals surface area contributed by atoms with Crippen molar-refractivity contribution in [1.82, 2.24) is 0 Å². The van der Waals surface area contributed by atoms with Crippen LogP contribution < -0.4 is 0 Å². The largest absolute Gasteiger partial charge is 0.508 e. The van der Waals surface area contributed by atoms with Gasteiger partial charge in [0.2, 0.25) is 0 Å². The predicted octanol–water partition coefficient (Wildman–Crippen LogP) is 4.11. The fourth-order valence-electron chi connectivity index (χ4n) is 1.78. The Morgan fingerprint density at radius 3 is 2.71 bits per heavy atom. The van der Waals surface area contributed by atoms with Crippen molar-refractivity contribution in [3.05, 3.63) is 43.2 Å². The van der Waals surface area contributed by atoms with Gasteiger partial charge in [-0.15, -0.1) is 11.3 Å². The lowest BCUT2D eigenvalue weighted by atomic mass is 10.0. The van der Waals surface area contributed by atoms with E-state index < -0.39 is 5.97 Å². The molecule has 0 saturated heterocycles. The molecular formula is C15H13IO4S. The number of carbonyl (C=O) groups is 1. The normalized spacial score (nSPS) is 11.0. The Bertz CT molecular complexity index is 691. The first-order valence-corrected chi connectivity index (χ1v) is 8.07. The maximum absolute atomic E-state index is 11.9. The van der Waals surface area contributed by atoms with Gasteiger partial charge in [0.25, 0.3) is 0 Å². The lowest BCUT2D eigenvalue weighted by molar-refractivity contribution is 0.0523. The van der Waals surface area contributed by atoms with Gasteiger partial charge in [0.05, 0.1) is 9.49 Å². The van der Waals surface area contributed by atoms with Crippen LogP contribution in [0.1, 0.15) is 27.7 Å². The zero-order valence-electron chi connectivity index (χ0n) is 11.2. The number of esters is 1. The predicted molar refractivity (Wildman–Crippen MR) is 91.7 cm³/mol. The standard InChI is InChI=1S/C15H13IO4S/c1-2-20-15(19)14-9(7-10(17)8-12(14)18)3-4-11-5-6-13(16)21-11/h3-8,17-18H,2H2,1H3. The summed E-state index contributed by atoms with van der Waals surface area (Å²) in [4.78, 5) is 12.9. The van der Waals surface area contributed by atoms with Crippen LogP contribution in [0.2, 0.25) is 0 Å². The topological polar surface area (TPSA) is 66.8 Å². The number of benzene rings is 1. The fraction of sp³-hybridized carbons (Fsp3) is 0.133. The van der Waals surface area contributed by atoms with Crippen LogP contribution >= 0.6 is 33.9 Å². The zero-order valence-corrected chi connectivity index (χ0v) is 14.1. The first kappa shape index (κ1) is 15.8. The SMILES string of the molecule is CCOC(=O)c1c(O)cc(O)cc1C=Cc1ccc(I)s1. The smallest absolute Gasteiger partial charge is 0.342 e. The van der Waals surface area contributed by atoms with E-state index in [4.69, 9.17) is 4.74 Å². The average Bonchev–Trinajstić information content (AvgIpc) is 2.81. The van der Waals surface area contributed by atoms with Gasteiger partial charge >= 0.3 is 5.97 Å². The van der Waals surface area contributed by atoms with Crippen LogP contribution in [-0.4, -0.2) is 22.8 Å². The summed E-state index contributed by atoms with van der Waals surface area (Å²) in [6.45, 7) is 1.91. The molecule has 0 unspecified atom stereocenters. The summed E-state index contributed by atoms with van der Waals surface area (Å²) >= 11 is 3.82. The van der Waals surface area contributed by atoms with E-state index in [2.05, 4.69) is 22.6 Å². The second-order valence-electron chi connectivity index (χ2n) is 4.12. The van der Waals surface area contributed by atoms with Crippen molar-refractivity contribution >= 4 is 52.0 Å². The minimum absolute atomic E-state index is 0.0529. The summed E-state index contributed by atoms with van der Waals surface area (Å²) in [5.41, 5.74) is 0.464. The van der Waals surface area contributed by atoms with Crippen LogP contribution in [0.15, 0.2) is 24.3 Å². The molecule has 21 heavy (non-hydrogen) atoms. The number of phenolic OH excluding ortho intramolecular Hbond substituents is 2. The number of hydrogen-bond donors (Lipinski definition) is 2. The van der Waals surface area contributed by atoms with Gasteiger partial charge in [0, 0.05) is 10.9 Å². The lowest BCUT2D eigenvalue weighted by Gasteiger charge is -2.08. The number of hydrogen-bond acceptors (Lipinski definition) is 5. The summed E-state index contributed by atoms with van der Waals surface area (Å²) in [6.07, 6.45) is 3.50. The van der Waals surface area contributed by atoms with Gasteiger partial charge in [-0.25, -0.2) is 4.79 Å². The highest BCUT2D eigenvalue weighted by Crippen LogP contribution is 2.30. The molecule has 0 aliphatic rings. The maximum atomic E-state index is 11.9. The Morgan fingerprint density at radius 1 is 1.33 bits per heavy atom. The molecule has 2 rings (SSSR count). The molecule has 0 saturated carbocycles. The van der Waals surface area contributed by atoms with Crippen molar-refractivity contribution in [3.63, 3.8) is 0 Å². The summed E-state index contributed by atoms with van der Waals surface area (Å²) in [5, 5.41) is 19.5. The summed E-state index contributed by atoms with van der Waals surface area (Å²) in [6, 6.07) is 6.48. The fourth-order valence-corrected chi connectivity index (χ4v) is 3.36. The van der Waals surface area contributed by atoms with Crippen molar-refractivity contribution in [1.29, 1.82) is 0 Å². The average molecular weight is 416 g/mol. The molecule has 0 aliphatic heterocycles. The van der Waals surface area contributed by atoms with Crippen molar-refractivity contribution in [3.8, 4) is 11.5 Å². The number of aromatic hydroxyl groups is 2. The highest BCUT2D eigenvalue weighted by molar-refractivity contribution is 14.1. The maximum Gasteiger partial charge on any atom is 0.342 e. The molecule has 0 atom stereocenters. The Kier molecular flexibility index (Phi) is 5.24. The van der Waals surface area contributed by atoms with E-state index in [0.717, 1.165) is 13.8 Å². The van der Waals surface area contributed by atoms with E-state index >= 15 is 0 Å². The molecule has 2 N–H and O–H groups in total. The van der Waals surface area contributed by atoms with Crippen LogP contribution in [0, 0.1) is 2.88 Å². The van der Waals surface area contributed by atoms with Gasteiger partial charge in [0.1, 0.15) is 17.1 Å². The van der Waals surface area contributed by atoms with Crippen LogP contribution in [0.3, 0.4) is 0 Å². The molecule has 110 valence electrons. The third kappa shape index (κ3) is 3.98. The van der Waals surface area contributed by atoms with Gasteiger partial charge in [0.15, 0.2) is 0 Å². The number of phenols is 2. The van der Waals surface area contributed by atoms with E-state index in [1.165, 1.54) is 6.07 Å². The Hall–Kier alpha value is -1.54. The van der Waals surface area contributed by atoms with Gasteiger partial charge in [-0.1, -0.05) is 6.08 Å². The molecule has 0 spiro atoms. The van der Waals surface area contributed by atoms with Crippen molar-refractivity contribution in [2.75, 3.05) is 6.61 Å². The minimum atomic E-state index is -0.615.